The van der Waals surface area contributed by atoms with Gasteiger partial charge in [-0.05, 0) is 91.9 Å². The molecule has 0 amide bonds. The molecule has 3 atom stereocenters. The van der Waals surface area contributed by atoms with Crippen LogP contribution in [0.3, 0.4) is 0 Å². The third-order valence-electron chi connectivity index (χ3n) is 9.88. The minimum absolute atomic E-state index is 0.0713. The zero-order valence-corrected chi connectivity index (χ0v) is 36.3. The second-order valence-electron chi connectivity index (χ2n) is 17.0. The molecule has 0 spiro atoms. The SMILES string of the molecule is CC[C@H](C=CC#CC[C@H](C=CC=CC#C[C@H](CCCC(=O)OC)O[Si](C)(C)C(C)(C)C)O[Si](C)(C)C(C)(C)C)O[Si](C)(C)C(C)(C)C. The maximum Gasteiger partial charge on any atom is 0.305 e. The van der Waals surface area contributed by atoms with Crippen molar-refractivity contribution in [2.24, 2.45) is 0 Å². The van der Waals surface area contributed by atoms with E-state index in [0.717, 1.165) is 6.42 Å². The summed E-state index contributed by atoms with van der Waals surface area (Å²) in [7, 11) is -4.45. The molecule has 0 aromatic heterocycles. The van der Waals surface area contributed by atoms with Gasteiger partial charge in [0.05, 0.1) is 19.3 Å². The maximum absolute atomic E-state index is 11.6. The van der Waals surface area contributed by atoms with E-state index < -0.39 is 25.0 Å². The molecule has 0 rings (SSSR count). The zero-order chi connectivity index (χ0) is 36.7. The topological polar surface area (TPSA) is 54.0 Å². The Labute approximate surface area is 294 Å². The number of carbonyl (C=O) groups excluding carboxylic acids is 1. The van der Waals surface area contributed by atoms with Crippen LogP contribution in [0.1, 0.15) is 101 Å². The molecular formula is C39H70O5Si3. The summed E-state index contributed by atoms with van der Waals surface area (Å²) >= 11 is 0. The van der Waals surface area contributed by atoms with E-state index in [4.69, 9.17) is 18.0 Å². The van der Waals surface area contributed by atoms with Crippen LogP contribution in [-0.4, -0.2) is 56.3 Å². The van der Waals surface area contributed by atoms with Crippen LogP contribution in [0.4, 0.5) is 0 Å². The van der Waals surface area contributed by atoms with Crippen LogP contribution >= 0.6 is 0 Å². The molecule has 0 bridgehead atoms. The summed E-state index contributed by atoms with van der Waals surface area (Å²) in [6.07, 6.45) is 14.9. The Kier molecular flexibility index (Phi) is 18.8. The summed E-state index contributed by atoms with van der Waals surface area (Å²) in [5, 5.41) is 0.338. The lowest BCUT2D eigenvalue weighted by molar-refractivity contribution is -0.140. The summed E-state index contributed by atoms with van der Waals surface area (Å²) in [5.41, 5.74) is 0. The van der Waals surface area contributed by atoms with Gasteiger partial charge in [0, 0.05) is 12.8 Å². The Morgan fingerprint density at radius 1 is 0.702 bits per heavy atom. The van der Waals surface area contributed by atoms with Gasteiger partial charge < -0.3 is 18.0 Å². The number of hydrogen-bond donors (Lipinski definition) is 0. The van der Waals surface area contributed by atoms with Crippen molar-refractivity contribution in [3.8, 4) is 23.7 Å². The average molecular weight is 703 g/mol. The van der Waals surface area contributed by atoms with Gasteiger partial charge in [0.2, 0.25) is 0 Å². The van der Waals surface area contributed by atoms with Crippen LogP contribution in [-0.2, 0) is 22.8 Å². The van der Waals surface area contributed by atoms with Crippen molar-refractivity contribution < 1.29 is 22.8 Å². The number of methoxy groups -OCH3 is 1. The van der Waals surface area contributed by atoms with Crippen LogP contribution in [0.5, 0.6) is 0 Å². The standard InChI is InChI=1S/C39H70O5Si3/c1-18-33(42-45(12,13)37(2,3)4)27-24-21-25-30-34(43-46(14,15)38(5,6)7)28-22-19-20-23-29-35(31-26-32-36(40)41-11)44-47(16,17)39(8,9)10/h19-20,22,24,27-28,33-35H,18,26,30-32H2,1-17H3/t33-,34+,35-/m1/s1. The molecule has 0 N–H and O–H groups in total. The fourth-order valence-corrected chi connectivity index (χ4v) is 7.42. The molecule has 0 radical (unpaired) electrons. The minimum atomic E-state index is -2.02. The second-order valence-corrected chi connectivity index (χ2v) is 31.3. The fourth-order valence-electron chi connectivity index (χ4n) is 3.55. The third-order valence-corrected chi connectivity index (χ3v) is 23.4. The highest BCUT2D eigenvalue weighted by molar-refractivity contribution is 6.75. The van der Waals surface area contributed by atoms with E-state index in [2.05, 4.69) is 144 Å². The van der Waals surface area contributed by atoms with Gasteiger partial charge in [0.25, 0.3) is 0 Å². The molecule has 47 heavy (non-hydrogen) atoms. The predicted octanol–water partition coefficient (Wildman–Crippen LogP) is 11.0. The highest BCUT2D eigenvalue weighted by atomic mass is 28.4. The summed E-state index contributed by atoms with van der Waals surface area (Å²) < 4.78 is 24.7. The molecule has 5 nitrogen and oxygen atoms in total. The maximum atomic E-state index is 11.6. The van der Waals surface area contributed by atoms with Crippen LogP contribution in [0.25, 0.3) is 0 Å². The van der Waals surface area contributed by atoms with Crippen LogP contribution in [0.2, 0.25) is 54.4 Å². The highest BCUT2D eigenvalue weighted by Gasteiger charge is 2.40. The Bertz CT molecular complexity index is 1170. The summed E-state index contributed by atoms with van der Waals surface area (Å²) in [6.45, 7) is 36.0. The molecule has 0 saturated heterocycles. The fraction of sp³-hybridized carbons (Fsp3) is 0.718. The molecule has 8 heteroatoms. The lowest BCUT2D eigenvalue weighted by Gasteiger charge is -2.38. The van der Waals surface area contributed by atoms with Gasteiger partial charge in [-0.25, -0.2) is 0 Å². The molecule has 268 valence electrons. The second kappa shape index (κ2) is 19.5. The normalized spacial score (nSPS) is 15.7. The number of carbonyl (C=O) groups is 1. The van der Waals surface area contributed by atoms with Gasteiger partial charge in [0.15, 0.2) is 25.0 Å². The van der Waals surface area contributed by atoms with Crippen LogP contribution in [0.15, 0.2) is 36.5 Å². The zero-order valence-electron chi connectivity index (χ0n) is 33.3. The van der Waals surface area contributed by atoms with E-state index in [1.807, 2.05) is 24.3 Å². The molecule has 0 unspecified atom stereocenters. The Morgan fingerprint density at radius 3 is 1.70 bits per heavy atom. The largest absolute Gasteiger partial charge is 0.469 e. The summed E-state index contributed by atoms with van der Waals surface area (Å²) in [4.78, 5) is 11.6. The van der Waals surface area contributed by atoms with E-state index in [0.29, 0.717) is 25.7 Å². The van der Waals surface area contributed by atoms with E-state index >= 15 is 0 Å². The van der Waals surface area contributed by atoms with Gasteiger partial charge >= 0.3 is 5.97 Å². The lowest BCUT2D eigenvalue weighted by Crippen LogP contribution is -2.43. The predicted molar refractivity (Wildman–Crippen MR) is 210 cm³/mol. The summed E-state index contributed by atoms with van der Waals surface area (Å²) in [6, 6.07) is 0. The number of hydrogen-bond acceptors (Lipinski definition) is 5. The van der Waals surface area contributed by atoms with Crippen molar-refractivity contribution in [3.63, 3.8) is 0 Å². The monoisotopic (exact) mass is 702 g/mol. The lowest BCUT2D eigenvalue weighted by atomic mass is 10.1. The Balaban J connectivity index is 5.81. The first-order valence-corrected chi connectivity index (χ1v) is 26.1. The first-order chi connectivity index (χ1) is 21.3. The summed E-state index contributed by atoms with van der Waals surface area (Å²) in [5.74, 6) is 12.8. The smallest absolute Gasteiger partial charge is 0.305 e. The van der Waals surface area contributed by atoms with Gasteiger partial charge in [-0.15, -0.1) is 0 Å². The van der Waals surface area contributed by atoms with Gasteiger partial charge in [-0.2, -0.15) is 0 Å². The van der Waals surface area contributed by atoms with Crippen molar-refractivity contribution in [3.05, 3.63) is 36.5 Å². The van der Waals surface area contributed by atoms with E-state index in [9.17, 15) is 4.79 Å². The number of esters is 1. The first kappa shape index (κ1) is 45.3. The quantitative estimate of drug-likeness (QED) is 0.0736. The number of allylic oxidation sites excluding steroid dienone is 4. The number of ether oxygens (including phenoxy) is 1. The molecule has 0 aliphatic rings. The van der Waals surface area contributed by atoms with Crippen LogP contribution < -0.4 is 0 Å². The van der Waals surface area contributed by atoms with Crippen molar-refractivity contribution in [1.82, 2.24) is 0 Å². The molecule has 0 aromatic rings. The van der Waals surface area contributed by atoms with Crippen molar-refractivity contribution in [2.75, 3.05) is 7.11 Å². The number of rotatable bonds is 15. The van der Waals surface area contributed by atoms with E-state index in [-0.39, 0.29) is 39.4 Å². The van der Waals surface area contributed by atoms with Crippen LogP contribution in [0, 0.1) is 23.7 Å². The van der Waals surface area contributed by atoms with Crippen molar-refractivity contribution in [1.29, 1.82) is 0 Å². The van der Waals surface area contributed by atoms with E-state index in [1.54, 1.807) is 0 Å². The average Bonchev–Trinajstić information content (AvgIpc) is 2.91. The van der Waals surface area contributed by atoms with Gasteiger partial charge in [-0.1, -0.05) is 111 Å². The molecule has 0 saturated carbocycles. The molecule has 0 aromatic carbocycles. The van der Waals surface area contributed by atoms with Crippen molar-refractivity contribution in [2.45, 2.75) is 174 Å². The van der Waals surface area contributed by atoms with Gasteiger partial charge in [0.1, 0.15) is 6.10 Å². The molecule has 0 aliphatic heterocycles. The van der Waals surface area contributed by atoms with Gasteiger partial charge in [-0.3, -0.25) is 4.79 Å². The molecule has 0 aliphatic carbocycles. The molecular weight excluding hydrogens is 633 g/mol. The highest BCUT2D eigenvalue weighted by Crippen LogP contribution is 2.39. The Morgan fingerprint density at radius 2 is 1.21 bits per heavy atom. The molecule has 0 fully saturated rings. The first-order valence-electron chi connectivity index (χ1n) is 17.4. The molecule has 0 heterocycles. The van der Waals surface area contributed by atoms with E-state index in [1.165, 1.54) is 7.11 Å². The van der Waals surface area contributed by atoms with Crippen molar-refractivity contribution >= 4 is 30.9 Å². The Hall–Kier alpha value is -1.66. The minimum Gasteiger partial charge on any atom is -0.469 e. The third kappa shape index (κ3) is 17.5.